The van der Waals surface area contributed by atoms with E-state index < -0.39 is 16.4 Å². The lowest BCUT2D eigenvalue weighted by Gasteiger charge is -1.99. The van der Waals surface area contributed by atoms with Gasteiger partial charge in [0.2, 0.25) is 5.82 Å². The smallest absolute Gasteiger partial charge is 0.305 e. The number of amidine groups is 1. The lowest BCUT2D eigenvalue weighted by Crippen LogP contribution is -2.06. The maximum absolute atomic E-state index is 13.2. The first-order valence-corrected chi connectivity index (χ1v) is 7.52. The summed E-state index contributed by atoms with van der Waals surface area (Å²) in [6.45, 7) is 0. The van der Waals surface area contributed by atoms with Gasteiger partial charge >= 0.3 is 5.69 Å². The molecule has 2 rings (SSSR count). The molecule has 0 aliphatic heterocycles. The third kappa shape index (κ3) is 5.19. The van der Waals surface area contributed by atoms with Crippen LogP contribution in [0.1, 0.15) is 11.1 Å². The Labute approximate surface area is 136 Å². The van der Waals surface area contributed by atoms with Gasteiger partial charge in [-0.1, -0.05) is 42.1 Å². The van der Waals surface area contributed by atoms with Crippen LogP contribution in [0.15, 0.2) is 58.7 Å². The van der Waals surface area contributed by atoms with Crippen molar-refractivity contribution in [3.05, 3.63) is 75.6 Å². The maximum Gasteiger partial charge on any atom is 0.305 e. The Kier molecular flexibility index (Phi) is 5.81. The Morgan fingerprint density at radius 3 is 2.74 bits per heavy atom. The van der Waals surface area contributed by atoms with E-state index in [9.17, 15) is 14.5 Å². The summed E-state index contributed by atoms with van der Waals surface area (Å²) >= 11 is 1.32. The second-order valence-corrected chi connectivity index (χ2v) is 5.42. The summed E-state index contributed by atoms with van der Waals surface area (Å²) in [7, 11) is 0. The first-order chi connectivity index (χ1) is 11.1. The summed E-state index contributed by atoms with van der Waals surface area (Å²) in [5.41, 5.74) is 6.58. The van der Waals surface area contributed by atoms with Crippen molar-refractivity contribution in [2.45, 2.75) is 5.75 Å². The molecule has 6 nitrogen and oxygen atoms in total. The van der Waals surface area contributed by atoms with E-state index in [1.165, 1.54) is 24.0 Å². The van der Waals surface area contributed by atoms with Crippen LogP contribution in [0.25, 0.3) is 0 Å². The molecule has 0 aliphatic rings. The van der Waals surface area contributed by atoms with Crippen molar-refractivity contribution >= 4 is 28.8 Å². The van der Waals surface area contributed by atoms with Gasteiger partial charge in [-0.2, -0.15) is 9.49 Å². The van der Waals surface area contributed by atoms with Crippen LogP contribution < -0.4 is 5.73 Å². The number of benzene rings is 2. The van der Waals surface area contributed by atoms with Gasteiger partial charge in [-0.15, -0.1) is 5.10 Å². The highest BCUT2D eigenvalue weighted by molar-refractivity contribution is 8.13. The second kappa shape index (κ2) is 8.04. The lowest BCUT2D eigenvalue weighted by molar-refractivity contribution is -0.387. The number of nitrogens with zero attached hydrogens (tertiary/aromatic N) is 3. The highest BCUT2D eigenvalue weighted by atomic mass is 32.2. The SMILES string of the molecule is NC(=NN=Cc1ccc(F)c([N+](=O)[O-])c1)SCc1ccccc1. The summed E-state index contributed by atoms with van der Waals surface area (Å²) in [6.07, 6.45) is 1.28. The molecular weight excluding hydrogens is 319 g/mol. The molecule has 118 valence electrons. The molecule has 2 N–H and O–H groups in total. The predicted octanol–water partition coefficient (Wildman–Crippen LogP) is 3.32. The van der Waals surface area contributed by atoms with Crippen LogP contribution in [0.2, 0.25) is 0 Å². The number of hydrogen-bond donors (Lipinski definition) is 1. The number of halogens is 1. The van der Waals surface area contributed by atoms with Crippen molar-refractivity contribution in [3.8, 4) is 0 Å². The monoisotopic (exact) mass is 332 g/mol. The molecule has 2 aromatic rings. The largest absolute Gasteiger partial charge is 0.377 e. The van der Waals surface area contributed by atoms with Crippen molar-refractivity contribution in [2.24, 2.45) is 15.9 Å². The van der Waals surface area contributed by atoms with E-state index in [1.54, 1.807) is 0 Å². The Bertz CT molecular complexity index is 750. The van der Waals surface area contributed by atoms with Crippen LogP contribution in [0, 0.1) is 15.9 Å². The Morgan fingerprint density at radius 1 is 1.30 bits per heavy atom. The van der Waals surface area contributed by atoms with Crippen LogP contribution in [0.4, 0.5) is 10.1 Å². The Hall–Kier alpha value is -2.74. The fraction of sp³-hybridized carbons (Fsp3) is 0.0667. The average molecular weight is 332 g/mol. The van der Waals surface area contributed by atoms with Crippen molar-refractivity contribution in [2.75, 3.05) is 0 Å². The van der Waals surface area contributed by atoms with Crippen molar-refractivity contribution in [1.29, 1.82) is 0 Å². The summed E-state index contributed by atoms with van der Waals surface area (Å²) < 4.78 is 13.2. The number of nitrogens with two attached hydrogens (primary N) is 1. The van der Waals surface area contributed by atoms with Crippen LogP contribution in [-0.2, 0) is 5.75 Å². The van der Waals surface area contributed by atoms with Gasteiger partial charge in [0.1, 0.15) is 0 Å². The molecule has 23 heavy (non-hydrogen) atoms. The van der Waals surface area contributed by atoms with Crippen molar-refractivity contribution in [3.63, 3.8) is 0 Å². The highest BCUT2D eigenvalue weighted by Gasteiger charge is 2.13. The molecule has 0 spiro atoms. The molecule has 0 aromatic heterocycles. The van der Waals surface area contributed by atoms with E-state index in [2.05, 4.69) is 10.2 Å². The molecule has 0 saturated heterocycles. The molecule has 8 heteroatoms. The molecule has 0 aliphatic carbocycles. The van der Waals surface area contributed by atoms with Gasteiger partial charge in [-0.25, -0.2) is 0 Å². The van der Waals surface area contributed by atoms with E-state index in [4.69, 9.17) is 5.73 Å². The molecule has 0 fully saturated rings. The Morgan fingerprint density at radius 2 is 2.04 bits per heavy atom. The zero-order chi connectivity index (χ0) is 16.7. The average Bonchev–Trinajstić information content (AvgIpc) is 2.55. The minimum Gasteiger partial charge on any atom is -0.377 e. The molecule has 0 unspecified atom stereocenters. The number of rotatable bonds is 5. The summed E-state index contributed by atoms with van der Waals surface area (Å²) in [6, 6.07) is 13.2. The molecule has 0 atom stereocenters. The van der Waals surface area contributed by atoms with E-state index in [0.717, 1.165) is 17.7 Å². The molecular formula is C15H13FN4O2S. The van der Waals surface area contributed by atoms with Crippen LogP contribution in [-0.4, -0.2) is 16.3 Å². The minimum atomic E-state index is -0.895. The topological polar surface area (TPSA) is 93.9 Å². The number of nitro benzene ring substituents is 1. The predicted molar refractivity (Wildman–Crippen MR) is 90.0 cm³/mol. The van der Waals surface area contributed by atoms with Gasteiger partial charge in [0.05, 0.1) is 11.1 Å². The third-order valence-electron chi connectivity index (χ3n) is 2.76. The van der Waals surface area contributed by atoms with Gasteiger partial charge in [-0.05, 0) is 17.7 Å². The first kappa shape index (κ1) is 16.6. The molecule has 0 radical (unpaired) electrons. The van der Waals surface area contributed by atoms with Gasteiger partial charge in [0.25, 0.3) is 0 Å². The van der Waals surface area contributed by atoms with E-state index in [0.29, 0.717) is 11.3 Å². The first-order valence-electron chi connectivity index (χ1n) is 6.53. The molecule has 2 aromatic carbocycles. The van der Waals surface area contributed by atoms with E-state index >= 15 is 0 Å². The van der Waals surface area contributed by atoms with E-state index in [1.807, 2.05) is 30.3 Å². The van der Waals surface area contributed by atoms with Crippen molar-refractivity contribution < 1.29 is 9.31 Å². The number of nitro groups is 1. The van der Waals surface area contributed by atoms with Gasteiger partial charge < -0.3 is 5.73 Å². The summed E-state index contributed by atoms with van der Waals surface area (Å²) in [5, 5.41) is 18.5. The van der Waals surface area contributed by atoms with Gasteiger partial charge in [0, 0.05) is 17.4 Å². The quantitative estimate of drug-likeness (QED) is 0.393. The maximum atomic E-state index is 13.2. The normalized spacial score (nSPS) is 11.8. The minimum absolute atomic E-state index is 0.265. The Balaban J connectivity index is 1.97. The van der Waals surface area contributed by atoms with Crippen LogP contribution >= 0.6 is 11.8 Å². The molecule has 0 amide bonds. The molecule has 0 bridgehead atoms. The third-order valence-corrected chi connectivity index (χ3v) is 3.61. The zero-order valence-electron chi connectivity index (χ0n) is 11.9. The van der Waals surface area contributed by atoms with Crippen molar-refractivity contribution in [1.82, 2.24) is 0 Å². The van der Waals surface area contributed by atoms with Crippen LogP contribution in [0.3, 0.4) is 0 Å². The standard InChI is InChI=1S/C15H13FN4O2S/c16-13-7-6-12(8-14(13)20(21)22)9-18-19-15(17)23-10-11-4-2-1-3-5-11/h1-9H,10H2,(H2,17,19). The summed E-state index contributed by atoms with van der Waals surface area (Å²) in [4.78, 5) is 9.85. The number of hydrogen-bond acceptors (Lipinski definition) is 5. The summed E-state index contributed by atoms with van der Waals surface area (Å²) in [5.74, 6) is -0.234. The van der Waals surface area contributed by atoms with Gasteiger partial charge in [-0.3, -0.25) is 10.1 Å². The number of thioether (sulfide) groups is 1. The molecule has 0 saturated carbocycles. The fourth-order valence-electron chi connectivity index (χ4n) is 1.66. The zero-order valence-corrected chi connectivity index (χ0v) is 12.7. The lowest BCUT2D eigenvalue weighted by atomic mass is 10.2. The van der Waals surface area contributed by atoms with Crippen LogP contribution in [0.5, 0.6) is 0 Å². The molecule has 0 heterocycles. The van der Waals surface area contributed by atoms with E-state index in [-0.39, 0.29) is 5.17 Å². The van der Waals surface area contributed by atoms with Gasteiger partial charge in [0.15, 0.2) is 5.17 Å². The fourth-order valence-corrected chi connectivity index (χ4v) is 2.27. The second-order valence-electron chi connectivity index (χ2n) is 4.43. The highest BCUT2D eigenvalue weighted by Crippen LogP contribution is 2.17.